The van der Waals surface area contributed by atoms with Crippen molar-refractivity contribution in [3.8, 4) is 34.5 Å². The van der Waals surface area contributed by atoms with E-state index in [-0.39, 0.29) is 63.3 Å². The molecule has 0 saturated carbocycles. The third-order valence-corrected chi connectivity index (χ3v) is 10.5. The number of primary amides is 1. The number of aliphatic carboxylic acids is 1. The van der Waals surface area contributed by atoms with Crippen LogP contribution in [0.3, 0.4) is 0 Å². The van der Waals surface area contributed by atoms with Crippen LogP contribution in [0.1, 0.15) is 73.2 Å². The Morgan fingerprint density at radius 1 is 0.677 bits per heavy atom. The fourth-order valence-electron chi connectivity index (χ4n) is 7.11. The second kappa shape index (κ2) is 19.7. The van der Waals surface area contributed by atoms with E-state index in [9.17, 15) is 59.1 Å². The van der Waals surface area contributed by atoms with Gasteiger partial charge < -0.3 is 73.1 Å². The molecule has 14 N–H and O–H groups in total. The highest BCUT2D eigenvalue weighted by Gasteiger charge is 2.39. The Morgan fingerprint density at radius 2 is 1.17 bits per heavy atom. The summed E-state index contributed by atoms with van der Waals surface area (Å²) in [6.45, 7) is 3.63. The van der Waals surface area contributed by atoms with Gasteiger partial charge in [-0.2, -0.15) is 0 Å². The zero-order chi connectivity index (χ0) is 47.3. The summed E-state index contributed by atoms with van der Waals surface area (Å²) in [6, 6.07) is 7.13. The summed E-state index contributed by atoms with van der Waals surface area (Å²) in [6.07, 6.45) is -4.36. The highest BCUT2D eigenvalue weighted by Crippen LogP contribution is 2.44. The number of amides is 6. The predicted octanol–water partition coefficient (Wildman–Crippen LogP) is 0.579. The largest absolute Gasteiger partial charge is 0.508 e. The number of carboxylic acids is 1. The van der Waals surface area contributed by atoms with Crippen LogP contribution >= 0.6 is 0 Å². The van der Waals surface area contributed by atoms with E-state index in [1.165, 1.54) is 72.8 Å². The minimum Gasteiger partial charge on any atom is -0.508 e. The van der Waals surface area contributed by atoms with Gasteiger partial charge in [0.05, 0.1) is 12.5 Å². The maximum Gasteiger partial charge on any atom is 0.329 e. The molecule has 21 heteroatoms. The van der Waals surface area contributed by atoms with Crippen molar-refractivity contribution >= 4 is 41.4 Å². The van der Waals surface area contributed by atoms with Crippen LogP contribution in [0.2, 0.25) is 0 Å². The maximum atomic E-state index is 14.7. The average molecular weight is 898 g/mol. The number of nitrogens with two attached hydrogens (primary N) is 2. The number of ether oxygens (including phenoxy) is 2. The second-order valence-electron chi connectivity index (χ2n) is 15.9. The number of benzene rings is 4. The van der Waals surface area contributed by atoms with Crippen LogP contribution in [0.5, 0.6) is 34.5 Å². The molecular formula is C44H47N7O14. The summed E-state index contributed by atoms with van der Waals surface area (Å²) in [4.78, 5) is 95.5. The number of hydrogen-bond donors (Lipinski definition) is 12. The molecular weight excluding hydrogens is 851 g/mol. The highest BCUT2D eigenvalue weighted by molar-refractivity contribution is 5.98. The molecule has 8 atom stereocenters. The Hall–Kier alpha value is -7.75. The smallest absolute Gasteiger partial charge is 0.329 e. The zero-order valence-corrected chi connectivity index (χ0v) is 34.8. The van der Waals surface area contributed by atoms with Crippen LogP contribution in [-0.2, 0) is 33.6 Å². The lowest BCUT2D eigenvalue weighted by molar-refractivity contribution is -0.146. The number of fused-ring (bicyclic) bond motifs is 16. The van der Waals surface area contributed by atoms with Crippen molar-refractivity contribution in [2.24, 2.45) is 17.4 Å². The SMILES string of the molecule is CC(C)C[C@H](N)C(=O)NC1C(=O)N[C@@H](CC(N)=O)C(=O)N[C@H]2C(=O)N[C@H](c3ccc(O)cc3)C(=O)NC(C(=O)O)C(O)c3ccc(cc3)Oc3cc2cc(c3O)Oc2ccc(cc2)C1O. The van der Waals surface area contributed by atoms with E-state index >= 15 is 0 Å². The molecule has 4 aromatic carbocycles. The van der Waals surface area contributed by atoms with Crippen molar-refractivity contribution in [3.05, 3.63) is 107 Å². The number of rotatable bonds is 8. The number of phenolic OH excluding ortho intramolecular Hbond substituents is 2. The van der Waals surface area contributed by atoms with E-state index in [2.05, 4.69) is 26.6 Å². The number of hydrogen-bond acceptors (Lipinski definition) is 14. The maximum absolute atomic E-state index is 14.7. The number of aliphatic hydroxyl groups excluding tert-OH is 2. The summed E-state index contributed by atoms with van der Waals surface area (Å²) < 4.78 is 12.1. The first-order chi connectivity index (χ1) is 30.8. The number of carbonyl (C=O) groups excluding carboxylic acids is 6. The van der Waals surface area contributed by atoms with E-state index < -0.39 is 102 Å². The lowest BCUT2D eigenvalue weighted by atomic mass is 9.98. The quantitative estimate of drug-likeness (QED) is 0.115. The Balaban J connectivity index is 1.54. The molecule has 7 bridgehead atoms. The van der Waals surface area contributed by atoms with Crippen molar-refractivity contribution in [2.45, 2.75) is 75.1 Å². The first-order valence-electron chi connectivity index (χ1n) is 20.2. The number of phenols is 2. The van der Waals surface area contributed by atoms with Gasteiger partial charge in [-0.15, -0.1) is 0 Å². The number of nitrogens with one attached hydrogen (secondary N) is 5. The Bertz CT molecular complexity index is 2470. The molecule has 342 valence electrons. The molecule has 0 radical (unpaired) electrons. The molecule has 6 amide bonds. The normalized spacial score (nSPS) is 23.0. The van der Waals surface area contributed by atoms with Gasteiger partial charge in [0.1, 0.15) is 53.6 Å². The molecule has 0 aliphatic carbocycles. The third kappa shape index (κ3) is 11.1. The van der Waals surface area contributed by atoms with Gasteiger partial charge in [0.2, 0.25) is 41.2 Å². The molecule has 65 heavy (non-hydrogen) atoms. The summed E-state index contributed by atoms with van der Waals surface area (Å²) in [5, 5.41) is 66.4. The minimum atomic E-state index is -2.00. The van der Waals surface area contributed by atoms with Crippen molar-refractivity contribution in [1.29, 1.82) is 0 Å². The molecule has 4 aliphatic heterocycles. The van der Waals surface area contributed by atoms with E-state index in [0.29, 0.717) is 0 Å². The summed E-state index contributed by atoms with van der Waals surface area (Å²) >= 11 is 0. The van der Waals surface area contributed by atoms with Crippen LogP contribution < -0.4 is 47.5 Å². The van der Waals surface area contributed by atoms with Crippen molar-refractivity contribution in [2.75, 3.05) is 0 Å². The van der Waals surface area contributed by atoms with Crippen molar-refractivity contribution in [3.63, 3.8) is 0 Å². The van der Waals surface area contributed by atoms with Gasteiger partial charge in [0, 0.05) is 0 Å². The number of aromatic hydroxyl groups is 2. The van der Waals surface area contributed by atoms with Gasteiger partial charge in [-0.3, -0.25) is 28.8 Å². The summed E-state index contributed by atoms with van der Waals surface area (Å²) in [5.41, 5.74) is 11.5. The van der Waals surface area contributed by atoms with Crippen LogP contribution in [0.15, 0.2) is 84.9 Å². The molecule has 8 rings (SSSR count). The molecule has 4 heterocycles. The van der Waals surface area contributed by atoms with Crippen molar-refractivity contribution < 1.29 is 68.6 Å². The molecule has 4 aliphatic rings. The standard InChI is InChI=1S/C44H47N7O14/c1-19(2)15-27(45)39(57)50-34-36(54)21-5-11-25(12-6-21)64-29-16-23-17-30(38(29)56)65-26-13-7-22(8-14-26)37(55)35(44(62)63)51-41(59)32(20-3-9-24(52)10-4-20)49-42(60)33(23)48-40(58)28(18-31(46)53)47-43(34)61/h3-14,16-17,19,27-28,32-37,52,54-56H,15,18,45H2,1-2H3,(H2,46,53)(H,47,61)(H,48,58)(H,49,60)(H,50,57)(H,51,59)(H,62,63)/t27-,28-,32+,33+,34?,35?,36?,37?/m0/s1. The van der Waals surface area contributed by atoms with E-state index in [4.69, 9.17) is 20.9 Å². The van der Waals surface area contributed by atoms with Crippen LogP contribution in [0.4, 0.5) is 0 Å². The Labute approximate surface area is 370 Å². The second-order valence-corrected chi connectivity index (χ2v) is 15.9. The van der Waals surface area contributed by atoms with Gasteiger partial charge in [-0.05, 0) is 83.1 Å². The van der Waals surface area contributed by atoms with Gasteiger partial charge in [-0.25, -0.2) is 4.79 Å². The first kappa shape index (κ1) is 46.7. The Morgan fingerprint density at radius 3 is 1.69 bits per heavy atom. The minimum absolute atomic E-state index is 0.0105. The lowest BCUT2D eigenvalue weighted by Gasteiger charge is -2.29. The van der Waals surface area contributed by atoms with E-state index in [1.807, 2.05) is 13.8 Å². The monoisotopic (exact) mass is 897 g/mol. The fourth-order valence-corrected chi connectivity index (χ4v) is 7.11. The third-order valence-electron chi connectivity index (χ3n) is 10.5. The first-order valence-corrected chi connectivity index (χ1v) is 20.2. The van der Waals surface area contributed by atoms with Crippen LogP contribution in [0.25, 0.3) is 0 Å². The topological polar surface area (TPSA) is 351 Å². The molecule has 4 aromatic rings. The number of carbonyl (C=O) groups is 7. The van der Waals surface area contributed by atoms with Crippen LogP contribution in [0, 0.1) is 5.92 Å². The highest BCUT2D eigenvalue weighted by atomic mass is 16.5. The number of aliphatic hydroxyl groups is 2. The molecule has 0 saturated heterocycles. The number of carboxylic acid groups (broad SMARTS) is 1. The molecule has 0 aromatic heterocycles. The van der Waals surface area contributed by atoms with E-state index in [0.717, 1.165) is 12.1 Å². The van der Waals surface area contributed by atoms with Crippen molar-refractivity contribution in [1.82, 2.24) is 26.6 Å². The predicted molar refractivity (Wildman–Crippen MR) is 226 cm³/mol. The fraction of sp³-hybridized carbons (Fsp3) is 0.295. The molecule has 0 fully saturated rings. The molecule has 4 unspecified atom stereocenters. The van der Waals surface area contributed by atoms with Gasteiger partial charge >= 0.3 is 5.97 Å². The molecule has 21 nitrogen and oxygen atoms in total. The molecule has 0 spiro atoms. The zero-order valence-electron chi connectivity index (χ0n) is 34.8. The average Bonchev–Trinajstić information content (AvgIpc) is 3.25. The van der Waals surface area contributed by atoms with Gasteiger partial charge in [-0.1, -0.05) is 50.2 Å². The van der Waals surface area contributed by atoms with Gasteiger partial charge in [0.25, 0.3) is 0 Å². The summed E-state index contributed by atoms with van der Waals surface area (Å²) in [7, 11) is 0. The summed E-state index contributed by atoms with van der Waals surface area (Å²) in [5.74, 6) is -10.00. The Kier molecular flexibility index (Phi) is 14.2. The van der Waals surface area contributed by atoms with Crippen LogP contribution in [-0.4, -0.2) is 91.1 Å². The lowest BCUT2D eigenvalue weighted by Crippen LogP contribution is -2.59. The van der Waals surface area contributed by atoms with Gasteiger partial charge in [0.15, 0.2) is 17.5 Å². The van der Waals surface area contributed by atoms with E-state index in [1.54, 1.807) is 0 Å².